The van der Waals surface area contributed by atoms with E-state index in [4.69, 9.17) is 4.74 Å². The standard InChI is InChI=1S/C12H14O4/c1-16-11(15)9-7-3-2-6(8(9)10(13)14)12(7)4-5-12/h2-3,6-9H,4-5H2,1H3,(H,13,14)/t6-,7-,8+,9-/m1/s1. The van der Waals surface area contributed by atoms with Crippen molar-refractivity contribution in [3.63, 3.8) is 0 Å². The second-order valence-electron chi connectivity index (χ2n) is 5.08. The van der Waals surface area contributed by atoms with Gasteiger partial charge in [-0.25, -0.2) is 0 Å². The number of carbonyl (C=O) groups is 2. The van der Waals surface area contributed by atoms with Crippen LogP contribution in [0, 0.1) is 29.1 Å². The second-order valence-corrected chi connectivity index (χ2v) is 5.08. The summed E-state index contributed by atoms with van der Waals surface area (Å²) in [6, 6.07) is 0. The lowest BCUT2D eigenvalue weighted by Gasteiger charge is -2.21. The first-order valence-corrected chi connectivity index (χ1v) is 5.61. The molecule has 2 bridgehead atoms. The fraction of sp³-hybridized carbons (Fsp3) is 0.667. The molecular formula is C12H14O4. The molecule has 0 heterocycles. The van der Waals surface area contributed by atoms with Crippen molar-refractivity contribution < 1.29 is 19.4 Å². The molecule has 16 heavy (non-hydrogen) atoms. The highest BCUT2D eigenvalue weighted by Gasteiger charge is 2.70. The lowest BCUT2D eigenvalue weighted by atomic mass is 9.83. The molecule has 86 valence electrons. The van der Waals surface area contributed by atoms with E-state index in [0.717, 1.165) is 12.8 Å². The first kappa shape index (κ1) is 9.87. The average Bonchev–Trinajstić information content (AvgIpc) is 2.92. The molecule has 1 spiro atoms. The lowest BCUT2D eigenvalue weighted by Crippen LogP contribution is -2.33. The number of carboxylic acids is 1. The van der Waals surface area contributed by atoms with E-state index in [2.05, 4.69) is 0 Å². The zero-order chi connectivity index (χ0) is 11.5. The van der Waals surface area contributed by atoms with E-state index >= 15 is 0 Å². The number of rotatable bonds is 2. The van der Waals surface area contributed by atoms with Gasteiger partial charge in [0.2, 0.25) is 0 Å². The minimum Gasteiger partial charge on any atom is -0.481 e. The molecule has 4 atom stereocenters. The third-order valence-electron chi connectivity index (χ3n) is 4.60. The van der Waals surface area contributed by atoms with Gasteiger partial charge in [-0.2, -0.15) is 0 Å². The smallest absolute Gasteiger partial charge is 0.310 e. The van der Waals surface area contributed by atoms with Crippen molar-refractivity contribution in [2.45, 2.75) is 12.8 Å². The third kappa shape index (κ3) is 0.950. The topological polar surface area (TPSA) is 63.6 Å². The molecule has 0 unspecified atom stereocenters. The summed E-state index contributed by atoms with van der Waals surface area (Å²) < 4.78 is 4.75. The van der Waals surface area contributed by atoms with Crippen LogP contribution in [-0.4, -0.2) is 24.2 Å². The molecule has 3 rings (SSSR count). The summed E-state index contributed by atoms with van der Waals surface area (Å²) in [5.41, 5.74) is 0.0852. The number of carboxylic acid groups (broad SMARTS) is 1. The molecule has 0 aromatic heterocycles. The van der Waals surface area contributed by atoms with E-state index in [1.165, 1.54) is 7.11 Å². The minimum absolute atomic E-state index is 0.0408. The first-order chi connectivity index (χ1) is 7.62. The Kier molecular flexibility index (Phi) is 1.77. The van der Waals surface area contributed by atoms with Crippen molar-refractivity contribution in [2.75, 3.05) is 7.11 Å². The van der Waals surface area contributed by atoms with Crippen LogP contribution in [0.15, 0.2) is 12.2 Å². The zero-order valence-corrected chi connectivity index (χ0v) is 9.05. The van der Waals surface area contributed by atoms with E-state index in [1.54, 1.807) is 0 Å². The van der Waals surface area contributed by atoms with Crippen molar-refractivity contribution in [1.29, 1.82) is 0 Å². The number of carbonyl (C=O) groups excluding carboxylic acids is 1. The fourth-order valence-electron chi connectivity index (χ4n) is 3.79. The summed E-state index contributed by atoms with van der Waals surface area (Å²) in [6.07, 6.45) is 6.12. The molecule has 2 saturated carbocycles. The van der Waals surface area contributed by atoms with Gasteiger partial charge in [0.15, 0.2) is 0 Å². The molecule has 0 aromatic carbocycles. The number of hydrogen-bond acceptors (Lipinski definition) is 3. The summed E-state index contributed by atoms with van der Waals surface area (Å²) in [5, 5.41) is 9.27. The molecule has 2 fully saturated rings. The summed E-state index contributed by atoms with van der Waals surface area (Å²) in [7, 11) is 1.33. The quantitative estimate of drug-likeness (QED) is 0.560. The number of esters is 1. The van der Waals surface area contributed by atoms with E-state index in [9.17, 15) is 14.7 Å². The van der Waals surface area contributed by atoms with Gasteiger partial charge in [-0.05, 0) is 30.1 Å². The van der Waals surface area contributed by atoms with Crippen molar-refractivity contribution in [1.82, 2.24) is 0 Å². The van der Waals surface area contributed by atoms with Crippen LogP contribution < -0.4 is 0 Å². The van der Waals surface area contributed by atoms with Gasteiger partial charge in [-0.1, -0.05) is 12.2 Å². The SMILES string of the molecule is COC(=O)[C@H]1[C@@H](C(=O)O)[C@H]2C=C[C@H]1C21CC1. The fourth-order valence-corrected chi connectivity index (χ4v) is 3.79. The van der Waals surface area contributed by atoms with Crippen LogP contribution in [0.25, 0.3) is 0 Å². The zero-order valence-electron chi connectivity index (χ0n) is 9.05. The lowest BCUT2D eigenvalue weighted by molar-refractivity contribution is -0.156. The Bertz CT molecular complexity index is 394. The van der Waals surface area contributed by atoms with Gasteiger partial charge in [0.25, 0.3) is 0 Å². The maximum Gasteiger partial charge on any atom is 0.310 e. The highest BCUT2D eigenvalue weighted by atomic mass is 16.5. The van der Waals surface area contributed by atoms with Gasteiger partial charge in [0, 0.05) is 0 Å². The predicted octanol–water partition coefficient (Wildman–Crippen LogP) is 1.07. The van der Waals surface area contributed by atoms with Crippen LogP contribution in [0.5, 0.6) is 0 Å². The van der Waals surface area contributed by atoms with E-state index < -0.39 is 17.8 Å². The maximum atomic E-state index is 11.7. The Balaban J connectivity index is 2.01. The molecule has 4 heteroatoms. The molecule has 0 saturated heterocycles. The highest BCUT2D eigenvalue weighted by Crippen LogP contribution is 2.72. The summed E-state index contributed by atoms with van der Waals surface area (Å²) in [6.45, 7) is 0. The normalized spacial score (nSPS) is 41.3. The monoisotopic (exact) mass is 222 g/mol. The molecule has 0 aromatic rings. The number of aliphatic carboxylic acids is 1. The summed E-state index contributed by atoms with van der Waals surface area (Å²) in [5.74, 6) is -2.15. The van der Waals surface area contributed by atoms with E-state index in [1.807, 2.05) is 12.2 Å². The number of methoxy groups -OCH3 is 1. The van der Waals surface area contributed by atoms with Gasteiger partial charge >= 0.3 is 11.9 Å². The van der Waals surface area contributed by atoms with Gasteiger partial charge < -0.3 is 9.84 Å². The Labute approximate surface area is 93.3 Å². The molecule has 3 aliphatic rings. The van der Waals surface area contributed by atoms with E-state index in [0.29, 0.717) is 0 Å². The number of hydrogen-bond donors (Lipinski definition) is 1. The third-order valence-corrected chi connectivity index (χ3v) is 4.60. The molecule has 0 radical (unpaired) electrons. The first-order valence-electron chi connectivity index (χ1n) is 5.61. The summed E-state index contributed by atoms with van der Waals surface area (Å²) in [4.78, 5) is 23.0. The van der Waals surface area contributed by atoms with Crippen molar-refractivity contribution >= 4 is 11.9 Å². The Morgan fingerprint density at radius 2 is 1.81 bits per heavy atom. The molecule has 3 aliphatic carbocycles. The largest absolute Gasteiger partial charge is 0.481 e. The summed E-state index contributed by atoms with van der Waals surface area (Å²) >= 11 is 0. The van der Waals surface area contributed by atoms with Crippen LogP contribution >= 0.6 is 0 Å². The minimum atomic E-state index is -0.862. The maximum absolute atomic E-state index is 11.7. The Morgan fingerprint density at radius 3 is 2.25 bits per heavy atom. The van der Waals surface area contributed by atoms with Crippen molar-refractivity contribution in [3.05, 3.63) is 12.2 Å². The van der Waals surface area contributed by atoms with Gasteiger partial charge in [0.05, 0.1) is 18.9 Å². The van der Waals surface area contributed by atoms with Crippen molar-refractivity contribution in [2.24, 2.45) is 29.1 Å². The Hall–Kier alpha value is -1.32. The van der Waals surface area contributed by atoms with Gasteiger partial charge in [0.1, 0.15) is 0 Å². The molecule has 4 nitrogen and oxygen atoms in total. The van der Waals surface area contributed by atoms with Crippen LogP contribution in [0.1, 0.15) is 12.8 Å². The average molecular weight is 222 g/mol. The Morgan fingerprint density at radius 1 is 1.25 bits per heavy atom. The second kappa shape index (κ2) is 2.87. The van der Waals surface area contributed by atoms with Crippen LogP contribution in [0.3, 0.4) is 0 Å². The molecule has 0 amide bonds. The van der Waals surface area contributed by atoms with Crippen LogP contribution in [-0.2, 0) is 14.3 Å². The van der Waals surface area contributed by atoms with Gasteiger partial charge in [-0.15, -0.1) is 0 Å². The molecular weight excluding hydrogens is 208 g/mol. The van der Waals surface area contributed by atoms with E-state index in [-0.39, 0.29) is 23.2 Å². The predicted molar refractivity (Wildman–Crippen MR) is 54.4 cm³/mol. The molecule has 1 N–H and O–H groups in total. The number of allylic oxidation sites excluding steroid dienone is 2. The van der Waals surface area contributed by atoms with Crippen molar-refractivity contribution in [3.8, 4) is 0 Å². The highest BCUT2D eigenvalue weighted by molar-refractivity contribution is 5.84. The number of ether oxygens (including phenoxy) is 1. The van der Waals surface area contributed by atoms with Gasteiger partial charge in [-0.3, -0.25) is 9.59 Å². The van der Waals surface area contributed by atoms with Crippen LogP contribution in [0.4, 0.5) is 0 Å². The van der Waals surface area contributed by atoms with Crippen LogP contribution in [0.2, 0.25) is 0 Å². The molecule has 0 aliphatic heterocycles.